The molecule has 2 rings (SSSR count). The van der Waals surface area contributed by atoms with Crippen molar-refractivity contribution in [3.05, 3.63) is 11.8 Å². The topological polar surface area (TPSA) is 21.3 Å². The molecule has 0 aromatic carbocycles. The Balaban J connectivity index is 1.85. The molecule has 0 amide bonds. The van der Waals surface area contributed by atoms with Crippen LogP contribution in [0.4, 0.5) is 0 Å². The third-order valence-corrected chi connectivity index (χ3v) is 4.48. The lowest BCUT2D eigenvalue weighted by Gasteiger charge is -2.27. The van der Waals surface area contributed by atoms with Gasteiger partial charge in [0.1, 0.15) is 5.76 Å². The molecule has 1 unspecified atom stereocenters. The van der Waals surface area contributed by atoms with Crippen molar-refractivity contribution in [2.45, 2.75) is 38.6 Å². The van der Waals surface area contributed by atoms with Gasteiger partial charge in [-0.15, -0.1) is 0 Å². The molecule has 2 aliphatic rings. The molecule has 0 aromatic heterocycles. The first-order valence-corrected chi connectivity index (χ1v) is 7.69. The summed E-state index contributed by atoms with van der Waals surface area (Å²) < 4.78 is 5.70. The second-order valence-electron chi connectivity index (χ2n) is 4.65. The molecule has 1 N–H and O–H groups in total. The van der Waals surface area contributed by atoms with Crippen molar-refractivity contribution < 1.29 is 4.74 Å². The predicted molar refractivity (Wildman–Crippen MR) is 70.8 cm³/mol. The first kappa shape index (κ1) is 12.3. The third kappa shape index (κ3) is 3.42. The Morgan fingerprint density at radius 1 is 1.50 bits per heavy atom. The average molecular weight is 241 g/mol. The van der Waals surface area contributed by atoms with Gasteiger partial charge in [-0.2, -0.15) is 11.8 Å². The summed E-state index contributed by atoms with van der Waals surface area (Å²) in [4.78, 5) is 0. The van der Waals surface area contributed by atoms with Crippen LogP contribution in [0.5, 0.6) is 0 Å². The first-order chi connectivity index (χ1) is 7.90. The smallest absolute Gasteiger partial charge is 0.109 e. The van der Waals surface area contributed by atoms with Crippen molar-refractivity contribution in [3.8, 4) is 0 Å². The van der Waals surface area contributed by atoms with E-state index in [1.54, 1.807) is 0 Å². The summed E-state index contributed by atoms with van der Waals surface area (Å²) in [6.07, 6.45) is 7.41. The lowest BCUT2D eigenvalue weighted by atomic mass is 9.93. The van der Waals surface area contributed by atoms with Crippen LogP contribution in [0, 0.1) is 5.92 Å². The van der Waals surface area contributed by atoms with Crippen LogP contribution < -0.4 is 5.32 Å². The third-order valence-electron chi connectivity index (χ3n) is 3.44. The van der Waals surface area contributed by atoms with E-state index in [9.17, 15) is 0 Å². The fourth-order valence-electron chi connectivity index (χ4n) is 2.54. The molecular formula is C13H23NOS. The highest BCUT2D eigenvalue weighted by molar-refractivity contribution is 7.99. The lowest BCUT2D eigenvalue weighted by molar-refractivity contribution is 0.203. The summed E-state index contributed by atoms with van der Waals surface area (Å²) in [5, 5.41) is 3.57. The van der Waals surface area contributed by atoms with Gasteiger partial charge >= 0.3 is 0 Å². The van der Waals surface area contributed by atoms with E-state index < -0.39 is 0 Å². The van der Waals surface area contributed by atoms with Crippen LogP contribution >= 0.6 is 11.8 Å². The van der Waals surface area contributed by atoms with Crippen molar-refractivity contribution in [3.63, 3.8) is 0 Å². The molecule has 1 fully saturated rings. The largest absolute Gasteiger partial charge is 0.496 e. The van der Waals surface area contributed by atoms with Gasteiger partial charge in [0.2, 0.25) is 0 Å². The Kier molecular flexibility index (Phi) is 5.04. The number of hydrogen-bond donors (Lipinski definition) is 1. The number of rotatable bonds is 5. The monoisotopic (exact) mass is 241 g/mol. The molecule has 2 heterocycles. The first-order valence-electron chi connectivity index (χ1n) is 6.54. The zero-order valence-electron chi connectivity index (χ0n) is 10.2. The molecule has 0 aliphatic carbocycles. The Labute approximate surface area is 103 Å². The Bertz CT molecular complexity index is 236. The van der Waals surface area contributed by atoms with E-state index in [0.717, 1.165) is 25.5 Å². The SMILES string of the molecule is CCNC(CC1CCSCC1)C1=CCCO1. The van der Waals surface area contributed by atoms with Crippen LogP contribution in [0.3, 0.4) is 0 Å². The van der Waals surface area contributed by atoms with E-state index in [1.165, 1.54) is 36.5 Å². The van der Waals surface area contributed by atoms with E-state index in [0.29, 0.717) is 6.04 Å². The molecular weight excluding hydrogens is 218 g/mol. The van der Waals surface area contributed by atoms with Gasteiger partial charge in [0, 0.05) is 6.42 Å². The second-order valence-corrected chi connectivity index (χ2v) is 5.87. The molecule has 1 atom stereocenters. The highest BCUT2D eigenvalue weighted by Crippen LogP contribution is 2.29. The summed E-state index contributed by atoms with van der Waals surface area (Å²) in [5.74, 6) is 4.81. The van der Waals surface area contributed by atoms with Crippen LogP contribution in [0.2, 0.25) is 0 Å². The minimum Gasteiger partial charge on any atom is -0.496 e. The zero-order valence-corrected chi connectivity index (χ0v) is 11.0. The average Bonchev–Trinajstić information content (AvgIpc) is 2.83. The fraction of sp³-hybridized carbons (Fsp3) is 0.846. The molecule has 92 valence electrons. The number of ether oxygens (including phenoxy) is 1. The number of nitrogens with one attached hydrogen (secondary N) is 1. The molecule has 2 nitrogen and oxygen atoms in total. The lowest BCUT2D eigenvalue weighted by Crippen LogP contribution is -2.34. The summed E-state index contributed by atoms with van der Waals surface area (Å²) in [6, 6.07) is 0.473. The van der Waals surface area contributed by atoms with Crippen LogP contribution in [-0.4, -0.2) is 30.7 Å². The van der Waals surface area contributed by atoms with Gasteiger partial charge in [-0.1, -0.05) is 6.92 Å². The van der Waals surface area contributed by atoms with Crippen molar-refractivity contribution >= 4 is 11.8 Å². The van der Waals surface area contributed by atoms with Gasteiger partial charge in [-0.25, -0.2) is 0 Å². The van der Waals surface area contributed by atoms with Crippen molar-refractivity contribution in [2.24, 2.45) is 5.92 Å². The zero-order chi connectivity index (χ0) is 11.2. The molecule has 2 aliphatic heterocycles. The Hall–Kier alpha value is -0.150. The Morgan fingerprint density at radius 2 is 2.31 bits per heavy atom. The molecule has 0 aromatic rings. The van der Waals surface area contributed by atoms with Gasteiger partial charge in [-0.3, -0.25) is 0 Å². The molecule has 0 saturated carbocycles. The molecule has 0 radical (unpaired) electrons. The Morgan fingerprint density at radius 3 is 2.94 bits per heavy atom. The van der Waals surface area contributed by atoms with Gasteiger partial charge in [-0.05, 0) is 49.3 Å². The predicted octanol–water partition coefficient (Wildman–Crippen LogP) is 2.80. The molecule has 1 saturated heterocycles. The maximum absolute atomic E-state index is 5.70. The van der Waals surface area contributed by atoms with Crippen LogP contribution in [0.1, 0.15) is 32.6 Å². The minimum absolute atomic E-state index is 0.473. The molecule has 0 spiro atoms. The van der Waals surface area contributed by atoms with E-state index >= 15 is 0 Å². The number of hydrogen-bond acceptors (Lipinski definition) is 3. The molecule has 3 heteroatoms. The van der Waals surface area contributed by atoms with Crippen molar-refractivity contribution in [2.75, 3.05) is 24.7 Å². The maximum Gasteiger partial charge on any atom is 0.109 e. The van der Waals surface area contributed by atoms with E-state index in [-0.39, 0.29) is 0 Å². The fourth-order valence-corrected chi connectivity index (χ4v) is 3.75. The van der Waals surface area contributed by atoms with E-state index in [1.807, 2.05) is 0 Å². The summed E-state index contributed by atoms with van der Waals surface area (Å²) in [5.41, 5.74) is 0. The van der Waals surface area contributed by atoms with Gasteiger partial charge in [0.15, 0.2) is 0 Å². The summed E-state index contributed by atoms with van der Waals surface area (Å²) >= 11 is 2.11. The maximum atomic E-state index is 5.70. The van der Waals surface area contributed by atoms with Gasteiger partial charge in [0.25, 0.3) is 0 Å². The van der Waals surface area contributed by atoms with Crippen molar-refractivity contribution in [1.29, 1.82) is 0 Å². The van der Waals surface area contributed by atoms with Crippen LogP contribution in [-0.2, 0) is 4.74 Å². The molecule has 0 bridgehead atoms. The summed E-state index contributed by atoms with van der Waals surface area (Å²) in [6.45, 7) is 4.10. The van der Waals surface area contributed by atoms with E-state index in [2.05, 4.69) is 30.1 Å². The van der Waals surface area contributed by atoms with E-state index in [4.69, 9.17) is 4.74 Å². The van der Waals surface area contributed by atoms with Gasteiger partial charge < -0.3 is 10.1 Å². The number of thioether (sulfide) groups is 1. The second kappa shape index (κ2) is 6.55. The quantitative estimate of drug-likeness (QED) is 0.800. The van der Waals surface area contributed by atoms with Crippen molar-refractivity contribution in [1.82, 2.24) is 5.32 Å². The highest BCUT2D eigenvalue weighted by Gasteiger charge is 2.23. The number of likely N-dealkylation sites (N-methyl/N-ethyl adjacent to an activating group) is 1. The van der Waals surface area contributed by atoms with Crippen LogP contribution in [0.25, 0.3) is 0 Å². The standard InChI is InChI=1S/C13H23NOS/c1-2-14-12(13-4-3-7-15-13)10-11-5-8-16-9-6-11/h4,11-12,14H,2-3,5-10H2,1H3. The highest BCUT2D eigenvalue weighted by atomic mass is 32.2. The van der Waals surface area contributed by atoms with Crippen LogP contribution in [0.15, 0.2) is 11.8 Å². The normalized spacial score (nSPS) is 23.9. The minimum atomic E-state index is 0.473. The van der Waals surface area contributed by atoms with Gasteiger partial charge in [0.05, 0.1) is 12.6 Å². The summed E-state index contributed by atoms with van der Waals surface area (Å²) in [7, 11) is 0. The molecule has 16 heavy (non-hydrogen) atoms.